The van der Waals surface area contributed by atoms with Crippen molar-refractivity contribution in [2.45, 2.75) is 13.1 Å². The Morgan fingerprint density at radius 2 is 1.94 bits per heavy atom. The Morgan fingerprint density at radius 3 is 2.44 bits per heavy atom. The topological polar surface area (TPSA) is 43.8 Å². The van der Waals surface area contributed by atoms with Gasteiger partial charge in [-0.25, -0.2) is 4.68 Å². The summed E-state index contributed by atoms with van der Waals surface area (Å²) in [5, 5.41) is 3.96. The molecule has 1 aromatic heterocycles. The molecule has 0 unspecified atom stereocenters. The van der Waals surface area contributed by atoms with Gasteiger partial charge in [0.2, 0.25) is 0 Å². The largest absolute Gasteiger partial charge is 0.416 e. The Hall–Kier alpha value is -1.50. The molecule has 2 rings (SSSR count). The Kier molecular flexibility index (Phi) is 3.10. The molecule has 0 saturated heterocycles. The van der Waals surface area contributed by atoms with E-state index >= 15 is 0 Å². The van der Waals surface area contributed by atoms with Crippen LogP contribution in [0.4, 0.5) is 19.0 Å². The van der Waals surface area contributed by atoms with E-state index < -0.39 is 11.7 Å². The number of nitrogens with zero attached hydrogens (tertiary/aromatic N) is 2. The second-order valence-electron chi connectivity index (χ2n) is 3.79. The standard InChI is InChI=1S/C11H9BrF3N3/c1-6-4-10(16)17-18(6)9-5-7(11(13,14)15)2-3-8(9)12/h2-5H,1H3,(H2,16,17). The molecule has 0 aliphatic heterocycles. The normalized spacial score (nSPS) is 11.8. The van der Waals surface area contributed by atoms with Crippen molar-refractivity contribution < 1.29 is 13.2 Å². The van der Waals surface area contributed by atoms with Crippen LogP contribution in [-0.2, 0) is 6.18 Å². The second kappa shape index (κ2) is 4.31. The monoisotopic (exact) mass is 319 g/mol. The average molecular weight is 320 g/mol. The summed E-state index contributed by atoms with van der Waals surface area (Å²) in [6.07, 6.45) is -4.39. The van der Waals surface area contributed by atoms with Gasteiger partial charge in [0.25, 0.3) is 0 Å². The van der Waals surface area contributed by atoms with Crippen molar-refractivity contribution in [3.8, 4) is 5.69 Å². The number of rotatable bonds is 1. The average Bonchev–Trinajstić information content (AvgIpc) is 2.56. The second-order valence-corrected chi connectivity index (χ2v) is 4.64. The van der Waals surface area contributed by atoms with E-state index in [0.29, 0.717) is 15.9 Å². The van der Waals surface area contributed by atoms with Crippen molar-refractivity contribution in [2.75, 3.05) is 5.73 Å². The maximum atomic E-state index is 12.7. The van der Waals surface area contributed by atoms with Crippen LogP contribution < -0.4 is 5.73 Å². The molecule has 0 bridgehead atoms. The van der Waals surface area contributed by atoms with Gasteiger partial charge in [0.15, 0.2) is 0 Å². The van der Waals surface area contributed by atoms with E-state index in [1.807, 2.05) is 0 Å². The van der Waals surface area contributed by atoms with Crippen molar-refractivity contribution in [1.29, 1.82) is 0 Å². The fourth-order valence-electron chi connectivity index (χ4n) is 1.59. The number of nitrogen functional groups attached to an aromatic ring is 1. The molecule has 2 aromatic rings. The zero-order chi connectivity index (χ0) is 13.5. The zero-order valence-corrected chi connectivity index (χ0v) is 10.9. The summed E-state index contributed by atoms with van der Waals surface area (Å²) in [4.78, 5) is 0. The summed E-state index contributed by atoms with van der Waals surface area (Å²) < 4.78 is 39.8. The SMILES string of the molecule is Cc1cc(N)nn1-c1cc(C(F)(F)F)ccc1Br. The Balaban J connectivity index is 2.60. The summed E-state index contributed by atoms with van der Waals surface area (Å²) >= 11 is 3.21. The van der Waals surface area contributed by atoms with Gasteiger partial charge in [-0.05, 0) is 41.1 Å². The molecule has 0 amide bonds. The molecule has 0 fully saturated rings. The molecule has 0 atom stereocenters. The summed E-state index contributed by atoms with van der Waals surface area (Å²) in [6.45, 7) is 1.72. The van der Waals surface area contributed by atoms with Gasteiger partial charge in [0.1, 0.15) is 5.82 Å². The van der Waals surface area contributed by atoms with Crippen molar-refractivity contribution >= 4 is 21.7 Å². The van der Waals surface area contributed by atoms with Crippen molar-refractivity contribution in [1.82, 2.24) is 9.78 Å². The van der Waals surface area contributed by atoms with E-state index in [9.17, 15) is 13.2 Å². The van der Waals surface area contributed by atoms with Gasteiger partial charge < -0.3 is 5.73 Å². The first-order valence-electron chi connectivity index (χ1n) is 4.98. The quantitative estimate of drug-likeness (QED) is 0.873. The Bertz CT molecular complexity index is 590. The molecule has 2 N–H and O–H groups in total. The van der Waals surface area contributed by atoms with Crippen LogP contribution in [0.2, 0.25) is 0 Å². The van der Waals surface area contributed by atoms with Crippen LogP contribution in [0.3, 0.4) is 0 Å². The van der Waals surface area contributed by atoms with Crippen LogP contribution in [0, 0.1) is 6.92 Å². The third-order valence-electron chi connectivity index (χ3n) is 2.41. The highest BCUT2D eigenvalue weighted by Gasteiger charge is 2.31. The van der Waals surface area contributed by atoms with Gasteiger partial charge in [-0.1, -0.05) is 0 Å². The number of benzene rings is 1. The smallest absolute Gasteiger partial charge is 0.382 e. The molecule has 7 heteroatoms. The first-order chi connectivity index (χ1) is 8.29. The molecule has 1 heterocycles. The molecule has 0 saturated carbocycles. The predicted molar refractivity (Wildman–Crippen MR) is 65.4 cm³/mol. The summed E-state index contributed by atoms with van der Waals surface area (Å²) in [7, 11) is 0. The van der Waals surface area contributed by atoms with Gasteiger partial charge in [-0.2, -0.15) is 18.3 Å². The van der Waals surface area contributed by atoms with E-state index in [4.69, 9.17) is 5.73 Å². The first kappa shape index (κ1) is 12.9. The molecule has 96 valence electrons. The summed E-state index contributed by atoms with van der Waals surface area (Å²) in [5.41, 5.74) is 5.76. The van der Waals surface area contributed by atoms with E-state index in [1.165, 1.54) is 10.7 Å². The van der Waals surface area contributed by atoms with Crippen LogP contribution >= 0.6 is 15.9 Å². The first-order valence-corrected chi connectivity index (χ1v) is 5.77. The van der Waals surface area contributed by atoms with Gasteiger partial charge >= 0.3 is 6.18 Å². The highest BCUT2D eigenvalue weighted by atomic mass is 79.9. The maximum Gasteiger partial charge on any atom is 0.416 e. The Morgan fingerprint density at radius 1 is 1.28 bits per heavy atom. The zero-order valence-electron chi connectivity index (χ0n) is 9.29. The lowest BCUT2D eigenvalue weighted by molar-refractivity contribution is -0.137. The van der Waals surface area contributed by atoms with Gasteiger partial charge in [0.05, 0.1) is 11.3 Å². The van der Waals surface area contributed by atoms with Crippen molar-refractivity contribution in [2.24, 2.45) is 0 Å². The van der Waals surface area contributed by atoms with E-state index in [1.54, 1.807) is 13.0 Å². The number of anilines is 1. The van der Waals surface area contributed by atoms with E-state index in [2.05, 4.69) is 21.0 Å². The Labute approximate surface area is 110 Å². The highest BCUT2D eigenvalue weighted by molar-refractivity contribution is 9.10. The van der Waals surface area contributed by atoms with Crippen LogP contribution in [0.15, 0.2) is 28.7 Å². The van der Waals surface area contributed by atoms with Crippen molar-refractivity contribution in [3.05, 3.63) is 40.0 Å². The molecular formula is C11H9BrF3N3. The van der Waals surface area contributed by atoms with Crippen molar-refractivity contribution in [3.63, 3.8) is 0 Å². The van der Waals surface area contributed by atoms with Crippen LogP contribution in [0.25, 0.3) is 5.69 Å². The van der Waals surface area contributed by atoms with Crippen LogP contribution in [0.1, 0.15) is 11.3 Å². The number of alkyl halides is 3. The third-order valence-corrected chi connectivity index (χ3v) is 3.08. The molecule has 0 radical (unpaired) electrons. The predicted octanol–water partition coefficient (Wildman–Crippen LogP) is 3.54. The lowest BCUT2D eigenvalue weighted by Crippen LogP contribution is -2.08. The number of aromatic nitrogens is 2. The van der Waals surface area contributed by atoms with E-state index in [0.717, 1.165) is 12.1 Å². The third kappa shape index (κ3) is 2.35. The fraction of sp³-hybridized carbons (Fsp3) is 0.182. The summed E-state index contributed by atoms with van der Waals surface area (Å²) in [6, 6.07) is 4.97. The fourth-order valence-corrected chi connectivity index (χ4v) is 2.01. The molecule has 0 spiro atoms. The molecule has 1 aromatic carbocycles. The molecular weight excluding hydrogens is 311 g/mol. The molecule has 18 heavy (non-hydrogen) atoms. The van der Waals surface area contributed by atoms with Gasteiger partial charge in [-0.3, -0.25) is 0 Å². The summed E-state index contributed by atoms with van der Waals surface area (Å²) in [5.74, 6) is 0.261. The minimum atomic E-state index is -4.39. The van der Waals surface area contributed by atoms with Crippen LogP contribution in [0.5, 0.6) is 0 Å². The van der Waals surface area contributed by atoms with E-state index in [-0.39, 0.29) is 5.82 Å². The minimum absolute atomic E-state index is 0.261. The maximum absolute atomic E-state index is 12.7. The van der Waals surface area contributed by atoms with Crippen LogP contribution in [-0.4, -0.2) is 9.78 Å². The number of halogens is 4. The molecule has 0 aliphatic rings. The lowest BCUT2D eigenvalue weighted by Gasteiger charge is -2.11. The lowest BCUT2D eigenvalue weighted by atomic mass is 10.2. The molecule has 0 aliphatic carbocycles. The van der Waals surface area contributed by atoms with Gasteiger partial charge in [-0.15, -0.1) is 0 Å². The molecule has 3 nitrogen and oxygen atoms in total. The highest BCUT2D eigenvalue weighted by Crippen LogP contribution is 2.33. The number of nitrogens with two attached hydrogens (primary N) is 1. The minimum Gasteiger partial charge on any atom is -0.382 e. The number of aryl methyl sites for hydroxylation is 1. The number of hydrogen-bond acceptors (Lipinski definition) is 2. The van der Waals surface area contributed by atoms with Gasteiger partial charge in [0, 0.05) is 16.2 Å². The number of hydrogen-bond donors (Lipinski definition) is 1.